The minimum Gasteiger partial charge on any atom is -0.476 e. The van der Waals surface area contributed by atoms with Gasteiger partial charge in [-0.15, -0.1) is 0 Å². The van der Waals surface area contributed by atoms with E-state index in [-0.39, 0.29) is 5.69 Å². The fraction of sp³-hybridized carbons (Fsp3) is 0.158. The van der Waals surface area contributed by atoms with Crippen LogP contribution in [-0.4, -0.2) is 20.9 Å². The molecule has 116 valence electrons. The molecular weight excluding hydrogens is 288 g/mol. The smallest absolute Gasteiger partial charge is 0.356 e. The fourth-order valence-corrected chi connectivity index (χ4v) is 2.66. The molecule has 0 amide bonds. The van der Waals surface area contributed by atoms with Gasteiger partial charge in [-0.3, -0.25) is 0 Å². The molecule has 0 saturated carbocycles. The van der Waals surface area contributed by atoms with Crippen molar-refractivity contribution in [3.63, 3.8) is 0 Å². The Labute approximate surface area is 135 Å². The van der Waals surface area contributed by atoms with Crippen LogP contribution in [0.2, 0.25) is 0 Å². The quantitative estimate of drug-likeness (QED) is 0.790. The van der Waals surface area contributed by atoms with Crippen molar-refractivity contribution in [2.75, 3.05) is 0 Å². The van der Waals surface area contributed by atoms with Crippen molar-refractivity contribution in [2.24, 2.45) is 0 Å². The zero-order chi connectivity index (χ0) is 16.6. The summed E-state index contributed by atoms with van der Waals surface area (Å²) in [5, 5.41) is 13.6. The van der Waals surface area contributed by atoms with Crippen LogP contribution >= 0.6 is 0 Å². The molecule has 0 aliphatic carbocycles. The highest BCUT2D eigenvalue weighted by Crippen LogP contribution is 2.27. The lowest BCUT2D eigenvalue weighted by Crippen LogP contribution is -2.02. The van der Waals surface area contributed by atoms with Crippen LogP contribution in [0.3, 0.4) is 0 Å². The molecule has 3 rings (SSSR count). The van der Waals surface area contributed by atoms with E-state index < -0.39 is 5.97 Å². The molecule has 3 aromatic rings. The van der Waals surface area contributed by atoms with Crippen molar-refractivity contribution in [1.82, 2.24) is 9.78 Å². The number of aromatic nitrogens is 2. The topological polar surface area (TPSA) is 55.1 Å². The van der Waals surface area contributed by atoms with Crippen molar-refractivity contribution in [3.8, 4) is 16.9 Å². The summed E-state index contributed by atoms with van der Waals surface area (Å²) in [7, 11) is 0. The summed E-state index contributed by atoms with van der Waals surface area (Å²) in [4.78, 5) is 11.3. The number of rotatable bonds is 3. The molecule has 0 bridgehead atoms. The Balaban J connectivity index is 2.22. The Morgan fingerprint density at radius 1 is 0.957 bits per heavy atom. The van der Waals surface area contributed by atoms with Gasteiger partial charge < -0.3 is 5.11 Å². The van der Waals surface area contributed by atoms with E-state index in [1.54, 1.807) is 10.7 Å². The second-order valence-corrected chi connectivity index (χ2v) is 5.79. The van der Waals surface area contributed by atoms with E-state index >= 15 is 0 Å². The van der Waals surface area contributed by atoms with E-state index in [0.717, 1.165) is 28.1 Å². The predicted octanol–water partition coefficient (Wildman–Crippen LogP) is 4.16. The van der Waals surface area contributed by atoms with Gasteiger partial charge in [0.25, 0.3) is 0 Å². The van der Waals surface area contributed by atoms with Gasteiger partial charge >= 0.3 is 5.97 Å². The van der Waals surface area contributed by atoms with Crippen molar-refractivity contribution in [2.45, 2.75) is 20.8 Å². The summed E-state index contributed by atoms with van der Waals surface area (Å²) in [6, 6.07) is 15.6. The SMILES string of the molecule is Cc1ccc(-n2nc(C(=O)O)cc2-c2ccc(C)cc2C)cc1. The molecule has 0 unspecified atom stereocenters. The van der Waals surface area contributed by atoms with Crippen molar-refractivity contribution in [1.29, 1.82) is 0 Å². The first kappa shape index (κ1) is 15.0. The van der Waals surface area contributed by atoms with Gasteiger partial charge in [0.15, 0.2) is 5.69 Å². The molecule has 0 aliphatic heterocycles. The maximum Gasteiger partial charge on any atom is 0.356 e. The highest BCUT2D eigenvalue weighted by molar-refractivity contribution is 5.87. The summed E-state index contributed by atoms with van der Waals surface area (Å²) in [6.07, 6.45) is 0. The van der Waals surface area contributed by atoms with Crippen LogP contribution in [0.4, 0.5) is 0 Å². The maximum atomic E-state index is 11.3. The summed E-state index contributed by atoms with van der Waals surface area (Å²) in [5.74, 6) is -1.03. The molecule has 23 heavy (non-hydrogen) atoms. The predicted molar refractivity (Wildman–Crippen MR) is 90.2 cm³/mol. The highest BCUT2D eigenvalue weighted by atomic mass is 16.4. The Bertz CT molecular complexity index is 877. The average molecular weight is 306 g/mol. The van der Waals surface area contributed by atoms with Gasteiger partial charge in [0.1, 0.15) is 0 Å². The molecule has 4 nitrogen and oxygen atoms in total. The molecule has 1 aromatic heterocycles. The molecular formula is C19H18N2O2. The third kappa shape index (κ3) is 2.88. The average Bonchev–Trinajstić information content (AvgIpc) is 2.93. The maximum absolute atomic E-state index is 11.3. The summed E-state index contributed by atoms with van der Waals surface area (Å²) < 4.78 is 1.69. The van der Waals surface area contributed by atoms with E-state index in [1.807, 2.05) is 57.2 Å². The standard InChI is InChI=1S/C19H18N2O2/c1-12-4-7-15(8-5-12)21-18(11-17(20-21)19(22)23)16-9-6-13(2)10-14(16)3/h4-11H,1-3H3,(H,22,23). The van der Waals surface area contributed by atoms with Gasteiger partial charge in [-0.05, 0) is 44.5 Å². The third-order valence-corrected chi connectivity index (χ3v) is 3.86. The first-order valence-electron chi connectivity index (χ1n) is 7.44. The first-order valence-corrected chi connectivity index (χ1v) is 7.44. The first-order chi connectivity index (χ1) is 11.0. The Morgan fingerprint density at radius 3 is 2.22 bits per heavy atom. The second-order valence-electron chi connectivity index (χ2n) is 5.79. The summed E-state index contributed by atoms with van der Waals surface area (Å²) >= 11 is 0. The number of carboxylic acids is 1. The van der Waals surface area contributed by atoms with E-state index in [4.69, 9.17) is 0 Å². The number of hydrogen-bond acceptors (Lipinski definition) is 2. The lowest BCUT2D eigenvalue weighted by atomic mass is 10.0. The number of carboxylic acid groups (broad SMARTS) is 1. The molecule has 0 atom stereocenters. The monoisotopic (exact) mass is 306 g/mol. The highest BCUT2D eigenvalue weighted by Gasteiger charge is 2.17. The fourth-order valence-electron chi connectivity index (χ4n) is 2.66. The van der Waals surface area contributed by atoms with Gasteiger partial charge in [-0.2, -0.15) is 5.10 Å². The van der Waals surface area contributed by atoms with Crippen LogP contribution in [-0.2, 0) is 0 Å². The van der Waals surface area contributed by atoms with E-state index in [9.17, 15) is 9.90 Å². The minimum atomic E-state index is -1.03. The molecule has 0 spiro atoms. The van der Waals surface area contributed by atoms with Gasteiger partial charge in [0.05, 0.1) is 11.4 Å². The van der Waals surface area contributed by atoms with Crippen LogP contribution < -0.4 is 0 Å². The summed E-state index contributed by atoms with van der Waals surface area (Å²) in [6.45, 7) is 6.08. The number of aryl methyl sites for hydroxylation is 3. The largest absolute Gasteiger partial charge is 0.476 e. The molecule has 2 aromatic carbocycles. The van der Waals surface area contributed by atoms with Crippen LogP contribution in [0.25, 0.3) is 16.9 Å². The van der Waals surface area contributed by atoms with Gasteiger partial charge in [-0.25, -0.2) is 9.48 Å². The van der Waals surface area contributed by atoms with Crippen LogP contribution in [0, 0.1) is 20.8 Å². The second kappa shape index (κ2) is 5.72. The van der Waals surface area contributed by atoms with Crippen LogP contribution in [0.1, 0.15) is 27.2 Å². The molecule has 4 heteroatoms. The van der Waals surface area contributed by atoms with Crippen LogP contribution in [0.15, 0.2) is 48.5 Å². The summed E-state index contributed by atoms with van der Waals surface area (Å²) in [5.41, 5.74) is 6.06. The minimum absolute atomic E-state index is 0.0422. The molecule has 0 aliphatic rings. The van der Waals surface area contributed by atoms with Crippen LogP contribution in [0.5, 0.6) is 0 Å². The molecule has 0 saturated heterocycles. The van der Waals surface area contributed by atoms with Crippen molar-refractivity contribution < 1.29 is 9.90 Å². The van der Waals surface area contributed by atoms with E-state index in [0.29, 0.717) is 0 Å². The lowest BCUT2D eigenvalue weighted by molar-refractivity contribution is 0.0690. The Morgan fingerprint density at radius 2 is 1.61 bits per heavy atom. The molecule has 0 fully saturated rings. The number of carbonyl (C=O) groups is 1. The zero-order valence-corrected chi connectivity index (χ0v) is 13.4. The zero-order valence-electron chi connectivity index (χ0n) is 13.4. The Hall–Kier alpha value is -2.88. The number of hydrogen-bond donors (Lipinski definition) is 1. The van der Waals surface area contributed by atoms with Gasteiger partial charge in [0.2, 0.25) is 0 Å². The molecule has 1 heterocycles. The van der Waals surface area contributed by atoms with Gasteiger partial charge in [-0.1, -0.05) is 41.5 Å². The normalized spacial score (nSPS) is 10.7. The number of nitrogens with zero attached hydrogens (tertiary/aromatic N) is 2. The lowest BCUT2D eigenvalue weighted by Gasteiger charge is -2.10. The molecule has 1 N–H and O–H groups in total. The molecule has 0 radical (unpaired) electrons. The number of aromatic carboxylic acids is 1. The van der Waals surface area contributed by atoms with E-state index in [2.05, 4.69) is 11.2 Å². The van der Waals surface area contributed by atoms with Crippen molar-refractivity contribution >= 4 is 5.97 Å². The Kier molecular flexibility index (Phi) is 3.74. The van der Waals surface area contributed by atoms with Crippen molar-refractivity contribution in [3.05, 3.63) is 70.9 Å². The van der Waals surface area contributed by atoms with Gasteiger partial charge in [0, 0.05) is 5.56 Å². The number of benzene rings is 2. The third-order valence-electron chi connectivity index (χ3n) is 3.86. The van der Waals surface area contributed by atoms with E-state index in [1.165, 1.54) is 5.56 Å².